The first-order chi connectivity index (χ1) is 6.09. The van der Waals surface area contributed by atoms with Gasteiger partial charge in [0, 0.05) is 20.2 Å². The van der Waals surface area contributed by atoms with E-state index in [-0.39, 0.29) is 5.88 Å². The summed E-state index contributed by atoms with van der Waals surface area (Å²) in [6.45, 7) is -2.86. The lowest BCUT2D eigenvalue weighted by molar-refractivity contribution is -0.0534. The van der Waals surface area contributed by atoms with Crippen LogP contribution in [-0.2, 0) is 0 Å². The number of nitrogens with zero attached hydrogens (tertiary/aromatic N) is 3. The molecule has 0 spiro atoms. The van der Waals surface area contributed by atoms with E-state index >= 15 is 0 Å². The van der Waals surface area contributed by atoms with Gasteiger partial charge in [-0.25, -0.2) is 0 Å². The molecule has 0 aliphatic heterocycles. The predicted octanol–water partition coefficient (Wildman–Crippen LogP) is 1.14. The van der Waals surface area contributed by atoms with E-state index in [4.69, 9.17) is 0 Å². The highest BCUT2D eigenvalue weighted by atomic mass is 19.3. The van der Waals surface area contributed by atoms with Crippen molar-refractivity contribution in [3.8, 4) is 5.88 Å². The van der Waals surface area contributed by atoms with Crippen molar-refractivity contribution in [1.29, 1.82) is 0 Å². The van der Waals surface area contributed by atoms with E-state index in [1.165, 1.54) is 6.07 Å². The normalized spacial score (nSPS) is 10.2. The Hall–Kier alpha value is -1.46. The summed E-state index contributed by atoms with van der Waals surface area (Å²) in [5, 5.41) is 7.10. The molecular formula is C7H9F2N3O. The molecule has 0 aromatic carbocycles. The fraction of sp³-hybridized carbons (Fsp3) is 0.429. The van der Waals surface area contributed by atoms with Crippen molar-refractivity contribution >= 4 is 5.82 Å². The van der Waals surface area contributed by atoms with Gasteiger partial charge in [0.15, 0.2) is 5.82 Å². The van der Waals surface area contributed by atoms with Crippen LogP contribution < -0.4 is 9.64 Å². The lowest BCUT2D eigenvalue weighted by Gasteiger charge is -2.09. The third kappa shape index (κ3) is 2.81. The van der Waals surface area contributed by atoms with E-state index in [1.807, 2.05) is 0 Å². The van der Waals surface area contributed by atoms with Gasteiger partial charge in [0.2, 0.25) is 5.88 Å². The monoisotopic (exact) mass is 189 g/mol. The highest BCUT2D eigenvalue weighted by Gasteiger charge is 2.06. The molecule has 0 radical (unpaired) electrons. The Kier molecular flexibility index (Phi) is 2.94. The van der Waals surface area contributed by atoms with Crippen LogP contribution in [0.15, 0.2) is 12.1 Å². The highest BCUT2D eigenvalue weighted by Crippen LogP contribution is 2.12. The van der Waals surface area contributed by atoms with Crippen LogP contribution in [0.4, 0.5) is 14.6 Å². The quantitative estimate of drug-likeness (QED) is 0.714. The molecule has 6 heteroatoms. The average Bonchev–Trinajstić information content (AvgIpc) is 2.04. The first-order valence-electron chi connectivity index (χ1n) is 3.55. The summed E-state index contributed by atoms with van der Waals surface area (Å²) in [6.07, 6.45) is 0. The van der Waals surface area contributed by atoms with Crippen LogP contribution in [0.3, 0.4) is 0 Å². The second kappa shape index (κ2) is 3.97. The average molecular weight is 189 g/mol. The van der Waals surface area contributed by atoms with Crippen LogP contribution in [0, 0.1) is 0 Å². The molecule has 1 heterocycles. The number of aromatic nitrogens is 2. The Morgan fingerprint density at radius 2 is 2.00 bits per heavy atom. The molecular weight excluding hydrogens is 180 g/mol. The lowest BCUT2D eigenvalue weighted by atomic mass is 10.5. The van der Waals surface area contributed by atoms with Crippen molar-refractivity contribution in [2.24, 2.45) is 0 Å². The maximum Gasteiger partial charge on any atom is 0.388 e. The third-order valence-electron chi connectivity index (χ3n) is 1.29. The van der Waals surface area contributed by atoms with Crippen LogP contribution in [0.25, 0.3) is 0 Å². The summed E-state index contributed by atoms with van der Waals surface area (Å²) in [6, 6.07) is 2.89. The Morgan fingerprint density at radius 1 is 1.31 bits per heavy atom. The standard InChI is InChI=1S/C7H9F2N3O/c1-12(2)5-3-4-6(11-10-5)13-7(8)9/h3-4,7H,1-2H3. The number of alkyl halides is 2. The molecule has 0 fully saturated rings. The summed E-state index contributed by atoms with van der Waals surface area (Å²) in [7, 11) is 3.55. The fourth-order valence-corrected chi connectivity index (χ4v) is 0.706. The zero-order valence-corrected chi connectivity index (χ0v) is 7.24. The molecule has 13 heavy (non-hydrogen) atoms. The summed E-state index contributed by atoms with van der Waals surface area (Å²) >= 11 is 0. The molecule has 1 aromatic rings. The van der Waals surface area contributed by atoms with Gasteiger partial charge in [0.25, 0.3) is 0 Å². The molecule has 0 N–H and O–H groups in total. The summed E-state index contributed by atoms with van der Waals surface area (Å²) in [5.41, 5.74) is 0. The van der Waals surface area contributed by atoms with Crippen LogP contribution in [0.2, 0.25) is 0 Å². The highest BCUT2D eigenvalue weighted by molar-refractivity contribution is 5.35. The van der Waals surface area contributed by atoms with Crippen LogP contribution in [0.1, 0.15) is 0 Å². The zero-order chi connectivity index (χ0) is 9.84. The first-order valence-corrected chi connectivity index (χ1v) is 3.55. The fourth-order valence-electron chi connectivity index (χ4n) is 0.706. The Labute approximate surface area is 74.1 Å². The molecule has 0 bridgehead atoms. The van der Waals surface area contributed by atoms with Crippen molar-refractivity contribution in [2.75, 3.05) is 19.0 Å². The lowest BCUT2D eigenvalue weighted by Crippen LogP contribution is -2.12. The van der Waals surface area contributed by atoms with Crippen LogP contribution in [-0.4, -0.2) is 30.9 Å². The second-order valence-corrected chi connectivity index (χ2v) is 2.50. The zero-order valence-electron chi connectivity index (χ0n) is 7.24. The number of hydrogen-bond acceptors (Lipinski definition) is 4. The van der Waals surface area contributed by atoms with Gasteiger partial charge in [-0.1, -0.05) is 0 Å². The maximum atomic E-state index is 11.7. The minimum Gasteiger partial charge on any atom is -0.415 e. The number of halogens is 2. The first kappa shape index (κ1) is 9.63. The molecule has 1 rings (SSSR count). The number of anilines is 1. The Balaban J connectivity index is 2.70. The molecule has 1 aromatic heterocycles. The third-order valence-corrected chi connectivity index (χ3v) is 1.29. The summed E-state index contributed by atoms with van der Waals surface area (Å²) < 4.78 is 27.4. The maximum absolute atomic E-state index is 11.7. The Bertz CT molecular complexity index is 263. The molecule has 0 atom stereocenters. The molecule has 0 aliphatic carbocycles. The van der Waals surface area contributed by atoms with E-state index in [1.54, 1.807) is 25.1 Å². The van der Waals surface area contributed by atoms with Crippen molar-refractivity contribution < 1.29 is 13.5 Å². The number of hydrogen-bond donors (Lipinski definition) is 0. The number of ether oxygens (including phenoxy) is 1. The van der Waals surface area contributed by atoms with E-state index in [9.17, 15) is 8.78 Å². The minimum absolute atomic E-state index is 0.180. The topological polar surface area (TPSA) is 38.2 Å². The van der Waals surface area contributed by atoms with E-state index in [2.05, 4.69) is 14.9 Å². The van der Waals surface area contributed by atoms with Crippen molar-refractivity contribution in [1.82, 2.24) is 10.2 Å². The van der Waals surface area contributed by atoms with Gasteiger partial charge >= 0.3 is 6.61 Å². The van der Waals surface area contributed by atoms with Gasteiger partial charge in [0.1, 0.15) is 0 Å². The van der Waals surface area contributed by atoms with E-state index < -0.39 is 6.61 Å². The summed E-state index contributed by atoms with van der Waals surface area (Å²) in [5.74, 6) is 0.405. The molecule has 0 saturated heterocycles. The van der Waals surface area contributed by atoms with Crippen molar-refractivity contribution in [2.45, 2.75) is 6.61 Å². The van der Waals surface area contributed by atoms with Gasteiger partial charge in [-0.2, -0.15) is 8.78 Å². The largest absolute Gasteiger partial charge is 0.415 e. The predicted molar refractivity (Wildman–Crippen MR) is 43.0 cm³/mol. The van der Waals surface area contributed by atoms with Crippen LogP contribution >= 0.6 is 0 Å². The smallest absolute Gasteiger partial charge is 0.388 e. The van der Waals surface area contributed by atoms with E-state index in [0.717, 1.165) is 0 Å². The molecule has 0 aliphatic rings. The molecule has 4 nitrogen and oxygen atoms in total. The molecule has 0 saturated carbocycles. The van der Waals surface area contributed by atoms with Gasteiger partial charge in [0.05, 0.1) is 0 Å². The van der Waals surface area contributed by atoms with Gasteiger partial charge in [-0.3, -0.25) is 0 Å². The molecule has 0 unspecified atom stereocenters. The SMILES string of the molecule is CN(C)c1ccc(OC(F)F)nn1. The summed E-state index contributed by atoms with van der Waals surface area (Å²) in [4.78, 5) is 1.71. The minimum atomic E-state index is -2.86. The van der Waals surface area contributed by atoms with Gasteiger partial charge < -0.3 is 9.64 Å². The Morgan fingerprint density at radius 3 is 2.38 bits per heavy atom. The van der Waals surface area contributed by atoms with Gasteiger partial charge in [-0.15, -0.1) is 10.2 Å². The van der Waals surface area contributed by atoms with Crippen molar-refractivity contribution in [3.63, 3.8) is 0 Å². The second-order valence-electron chi connectivity index (χ2n) is 2.50. The molecule has 72 valence electrons. The molecule has 0 amide bonds. The van der Waals surface area contributed by atoms with Crippen LogP contribution in [0.5, 0.6) is 5.88 Å². The van der Waals surface area contributed by atoms with Crippen molar-refractivity contribution in [3.05, 3.63) is 12.1 Å². The van der Waals surface area contributed by atoms with E-state index in [0.29, 0.717) is 5.82 Å². The van der Waals surface area contributed by atoms with Gasteiger partial charge in [-0.05, 0) is 6.07 Å². The number of rotatable bonds is 3.